The van der Waals surface area contributed by atoms with Gasteiger partial charge in [-0.2, -0.15) is 13.2 Å². The van der Waals surface area contributed by atoms with E-state index in [1.54, 1.807) is 24.3 Å². The van der Waals surface area contributed by atoms with Crippen LogP contribution in [0.5, 0.6) is 0 Å². The van der Waals surface area contributed by atoms with E-state index in [1.165, 1.54) is 18.6 Å². The third-order valence-electron chi connectivity index (χ3n) is 5.43. The van der Waals surface area contributed by atoms with Crippen molar-refractivity contribution in [2.24, 2.45) is 0 Å². The Morgan fingerprint density at radius 2 is 1.70 bits per heavy atom. The molecular formula is C23H23F3N4O3. The summed E-state index contributed by atoms with van der Waals surface area (Å²) in [6.07, 6.45) is -1.19. The fourth-order valence-corrected chi connectivity index (χ4v) is 3.88. The van der Waals surface area contributed by atoms with Gasteiger partial charge in [-0.1, -0.05) is 12.1 Å². The molecule has 10 heteroatoms. The number of para-hydroxylation sites is 2. The van der Waals surface area contributed by atoms with Crippen LogP contribution < -0.4 is 10.2 Å². The molecule has 0 saturated carbocycles. The number of benzene rings is 2. The van der Waals surface area contributed by atoms with E-state index in [4.69, 9.17) is 4.74 Å². The number of carbonyl (C=O) groups is 2. The smallest absolute Gasteiger partial charge is 0.449 e. The van der Waals surface area contributed by atoms with Gasteiger partial charge in [-0.3, -0.25) is 9.59 Å². The molecule has 4 rings (SSSR count). The number of piperidine rings is 1. The molecule has 0 atom stereocenters. The summed E-state index contributed by atoms with van der Waals surface area (Å²) in [4.78, 5) is 30.2. The highest BCUT2D eigenvalue weighted by Crippen LogP contribution is 2.31. The zero-order valence-electron chi connectivity index (χ0n) is 17.8. The fraction of sp³-hybridized carbons (Fsp3) is 0.348. The highest BCUT2D eigenvalue weighted by molar-refractivity contribution is 5.93. The number of imidazole rings is 1. The van der Waals surface area contributed by atoms with Crippen molar-refractivity contribution in [3.8, 4) is 0 Å². The molecule has 0 aliphatic carbocycles. The quantitative estimate of drug-likeness (QED) is 0.558. The summed E-state index contributed by atoms with van der Waals surface area (Å²) >= 11 is 0. The second-order valence-corrected chi connectivity index (χ2v) is 7.81. The Kier molecular flexibility index (Phi) is 6.52. The third kappa shape index (κ3) is 5.44. The molecule has 1 aliphatic heterocycles. The van der Waals surface area contributed by atoms with Crippen molar-refractivity contribution in [1.82, 2.24) is 9.55 Å². The van der Waals surface area contributed by atoms with Crippen molar-refractivity contribution >= 4 is 34.3 Å². The molecule has 1 N–H and O–H groups in total. The average Bonchev–Trinajstić information content (AvgIpc) is 3.18. The summed E-state index contributed by atoms with van der Waals surface area (Å²) in [6, 6.07) is 13.3. The van der Waals surface area contributed by atoms with Gasteiger partial charge in [-0.05, 0) is 55.7 Å². The van der Waals surface area contributed by atoms with Gasteiger partial charge < -0.3 is 19.5 Å². The van der Waals surface area contributed by atoms with Crippen molar-refractivity contribution in [3.63, 3.8) is 0 Å². The van der Waals surface area contributed by atoms with Crippen LogP contribution in [0.4, 0.5) is 24.5 Å². The first kappa shape index (κ1) is 22.6. The van der Waals surface area contributed by atoms with E-state index in [9.17, 15) is 22.8 Å². The van der Waals surface area contributed by atoms with E-state index in [2.05, 4.69) is 15.2 Å². The van der Waals surface area contributed by atoms with Crippen LogP contribution >= 0.6 is 0 Å². The SMILES string of the molecule is O=C(COC(=O)Cn1c(C(F)(F)F)nc2ccccc21)Nc1ccc(N2CCCCC2)cc1. The molecule has 7 nitrogen and oxygen atoms in total. The Labute approximate surface area is 188 Å². The summed E-state index contributed by atoms with van der Waals surface area (Å²) in [7, 11) is 0. The molecule has 2 aromatic carbocycles. The number of hydrogen-bond donors (Lipinski definition) is 1. The number of alkyl halides is 3. The van der Waals surface area contributed by atoms with Gasteiger partial charge in [-0.15, -0.1) is 0 Å². The minimum Gasteiger partial charge on any atom is -0.454 e. The summed E-state index contributed by atoms with van der Waals surface area (Å²) < 4.78 is 45.7. The molecule has 2 heterocycles. The maximum absolute atomic E-state index is 13.3. The number of ether oxygens (including phenoxy) is 1. The van der Waals surface area contributed by atoms with E-state index in [-0.39, 0.29) is 11.0 Å². The van der Waals surface area contributed by atoms with Crippen molar-refractivity contribution in [3.05, 3.63) is 54.4 Å². The van der Waals surface area contributed by atoms with E-state index in [0.717, 1.165) is 36.2 Å². The minimum absolute atomic E-state index is 0.114. The van der Waals surface area contributed by atoms with Gasteiger partial charge in [0.1, 0.15) is 6.54 Å². The zero-order chi connectivity index (χ0) is 23.4. The van der Waals surface area contributed by atoms with E-state index in [1.807, 2.05) is 12.1 Å². The third-order valence-corrected chi connectivity index (χ3v) is 5.43. The number of fused-ring (bicyclic) bond motifs is 1. The lowest BCUT2D eigenvalue weighted by Crippen LogP contribution is -2.29. The standard InChI is InChI=1S/C23H23F3N4O3/c24-23(25,26)22-28-18-6-2-3-7-19(18)30(22)14-21(32)33-15-20(31)27-16-8-10-17(11-9-16)29-12-4-1-5-13-29/h2-3,6-11H,1,4-5,12-15H2,(H,27,31). The number of carbonyl (C=O) groups excluding carboxylic acids is 2. The van der Waals surface area contributed by atoms with E-state index in [0.29, 0.717) is 5.69 Å². The van der Waals surface area contributed by atoms with Crippen LogP contribution in [-0.4, -0.2) is 41.1 Å². The Morgan fingerprint density at radius 1 is 1.00 bits per heavy atom. The van der Waals surface area contributed by atoms with Crippen molar-refractivity contribution < 1.29 is 27.5 Å². The summed E-state index contributed by atoms with van der Waals surface area (Å²) in [6.45, 7) is 0.682. The maximum atomic E-state index is 13.3. The molecule has 1 aliphatic rings. The topological polar surface area (TPSA) is 76.5 Å². The Balaban J connectivity index is 1.33. The number of rotatable bonds is 6. The van der Waals surface area contributed by atoms with Crippen LogP contribution in [0.1, 0.15) is 25.1 Å². The second kappa shape index (κ2) is 9.51. The number of aromatic nitrogens is 2. The first-order chi connectivity index (χ1) is 15.8. The molecule has 0 unspecified atom stereocenters. The highest BCUT2D eigenvalue weighted by Gasteiger charge is 2.38. The molecule has 1 saturated heterocycles. The lowest BCUT2D eigenvalue weighted by atomic mass is 10.1. The summed E-state index contributed by atoms with van der Waals surface area (Å²) in [5, 5.41) is 2.62. The molecule has 0 bridgehead atoms. The molecule has 1 amide bonds. The fourth-order valence-electron chi connectivity index (χ4n) is 3.88. The van der Waals surface area contributed by atoms with Crippen LogP contribution in [0.15, 0.2) is 48.5 Å². The van der Waals surface area contributed by atoms with Crippen molar-refractivity contribution in [2.45, 2.75) is 32.0 Å². The van der Waals surface area contributed by atoms with Gasteiger partial charge in [0.25, 0.3) is 5.91 Å². The highest BCUT2D eigenvalue weighted by atomic mass is 19.4. The largest absolute Gasteiger partial charge is 0.454 e. The minimum atomic E-state index is -4.74. The van der Waals surface area contributed by atoms with Crippen molar-refractivity contribution in [1.29, 1.82) is 0 Å². The van der Waals surface area contributed by atoms with Gasteiger partial charge in [0.05, 0.1) is 11.0 Å². The summed E-state index contributed by atoms with van der Waals surface area (Å²) in [5.74, 6) is -2.75. The molecule has 0 spiro atoms. The number of hydrogen-bond acceptors (Lipinski definition) is 5. The first-order valence-electron chi connectivity index (χ1n) is 10.6. The van der Waals surface area contributed by atoms with Gasteiger partial charge in [0.15, 0.2) is 6.61 Å². The van der Waals surface area contributed by atoms with Crippen LogP contribution in [0.2, 0.25) is 0 Å². The van der Waals surface area contributed by atoms with Crippen molar-refractivity contribution in [2.75, 3.05) is 29.9 Å². The van der Waals surface area contributed by atoms with Crippen LogP contribution in [0.3, 0.4) is 0 Å². The molecular weight excluding hydrogens is 437 g/mol. The number of halogens is 3. The van der Waals surface area contributed by atoms with E-state index < -0.39 is 37.0 Å². The Morgan fingerprint density at radius 3 is 2.39 bits per heavy atom. The maximum Gasteiger partial charge on any atom is 0.449 e. The molecule has 1 aromatic heterocycles. The Hall–Kier alpha value is -3.56. The van der Waals surface area contributed by atoms with Gasteiger partial charge in [-0.25, -0.2) is 4.98 Å². The number of anilines is 2. The van der Waals surface area contributed by atoms with Crippen LogP contribution in [-0.2, 0) is 27.0 Å². The molecule has 3 aromatic rings. The average molecular weight is 460 g/mol. The predicted octanol–water partition coefficient (Wildman–Crippen LogP) is 4.23. The van der Waals surface area contributed by atoms with Gasteiger partial charge in [0, 0.05) is 24.5 Å². The van der Waals surface area contributed by atoms with Gasteiger partial charge >= 0.3 is 12.1 Å². The predicted molar refractivity (Wildman–Crippen MR) is 117 cm³/mol. The number of amides is 1. The van der Waals surface area contributed by atoms with Gasteiger partial charge in [0.2, 0.25) is 5.82 Å². The summed E-state index contributed by atoms with van der Waals surface area (Å²) in [5.41, 5.74) is 1.88. The molecule has 33 heavy (non-hydrogen) atoms. The second-order valence-electron chi connectivity index (χ2n) is 7.81. The number of nitrogens with one attached hydrogen (secondary N) is 1. The zero-order valence-corrected chi connectivity index (χ0v) is 17.8. The van der Waals surface area contributed by atoms with Crippen LogP contribution in [0, 0.1) is 0 Å². The number of nitrogens with zero attached hydrogens (tertiary/aromatic N) is 3. The van der Waals surface area contributed by atoms with Crippen LogP contribution in [0.25, 0.3) is 11.0 Å². The monoisotopic (exact) mass is 460 g/mol. The Bertz CT molecular complexity index is 1140. The normalized spacial score (nSPS) is 14.3. The van der Waals surface area contributed by atoms with E-state index >= 15 is 0 Å². The lowest BCUT2D eigenvalue weighted by molar-refractivity contribution is -0.152. The lowest BCUT2D eigenvalue weighted by Gasteiger charge is -2.28. The molecule has 0 radical (unpaired) electrons. The number of esters is 1. The molecule has 1 fully saturated rings. The molecule has 174 valence electrons. The first-order valence-corrected chi connectivity index (χ1v) is 10.6.